The number of aliphatic hydroxyl groups is 1. The fraction of sp³-hybridized carbons (Fsp3) is 0.938. The van der Waals surface area contributed by atoms with Crippen LogP contribution in [0.15, 0.2) is 0 Å². The quantitative estimate of drug-likeness (QED) is 0.774. The fourth-order valence-corrected chi connectivity index (χ4v) is 3.95. The molecule has 0 aromatic heterocycles. The number of Topliss-reactive ketones (excluding diaryl/α,β-unsaturated/α-hetero) is 1. The van der Waals surface area contributed by atoms with Gasteiger partial charge in [-0.05, 0) is 31.6 Å². The Bertz CT molecular complexity index is 277. The Morgan fingerprint density at radius 1 is 1.06 bits per heavy atom. The van der Waals surface area contributed by atoms with Gasteiger partial charge in [-0.25, -0.2) is 0 Å². The van der Waals surface area contributed by atoms with Crippen molar-refractivity contribution in [2.24, 2.45) is 11.8 Å². The summed E-state index contributed by atoms with van der Waals surface area (Å²) in [4.78, 5) is 12.7. The number of rotatable bonds is 3. The summed E-state index contributed by atoms with van der Waals surface area (Å²) in [7, 11) is 0. The third-order valence-electron chi connectivity index (χ3n) is 5.16. The minimum Gasteiger partial charge on any atom is -0.382 e. The number of carbonyl (C=O) groups excluding carboxylic acids is 1. The second kappa shape index (κ2) is 6.18. The molecule has 0 aliphatic heterocycles. The summed E-state index contributed by atoms with van der Waals surface area (Å²) in [6, 6.07) is 0. The van der Waals surface area contributed by atoms with Gasteiger partial charge >= 0.3 is 0 Å². The summed E-state index contributed by atoms with van der Waals surface area (Å²) in [5.74, 6) is 0.862. The smallest absolute Gasteiger partial charge is 0.167 e. The maximum absolute atomic E-state index is 12.7. The Morgan fingerprint density at radius 2 is 1.67 bits per heavy atom. The molecule has 2 aliphatic rings. The maximum Gasteiger partial charge on any atom is 0.167 e. The van der Waals surface area contributed by atoms with Crippen LogP contribution in [0.4, 0.5) is 0 Å². The van der Waals surface area contributed by atoms with Crippen LogP contribution < -0.4 is 0 Å². The van der Waals surface area contributed by atoms with Crippen LogP contribution in [-0.2, 0) is 4.79 Å². The van der Waals surface area contributed by atoms with Crippen LogP contribution in [0.5, 0.6) is 0 Å². The van der Waals surface area contributed by atoms with Gasteiger partial charge in [0.2, 0.25) is 0 Å². The molecule has 0 aromatic rings. The third-order valence-corrected chi connectivity index (χ3v) is 5.16. The molecule has 2 heteroatoms. The fourth-order valence-electron chi connectivity index (χ4n) is 3.95. The second-order valence-corrected chi connectivity index (χ2v) is 6.37. The molecule has 0 amide bonds. The zero-order valence-corrected chi connectivity index (χ0v) is 11.8. The first kappa shape index (κ1) is 14.0. The first-order valence-corrected chi connectivity index (χ1v) is 7.94. The monoisotopic (exact) mass is 252 g/mol. The molecule has 2 saturated carbocycles. The lowest BCUT2D eigenvalue weighted by Gasteiger charge is -2.36. The number of hydrogen-bond acceptors (Lipinski definition) is 2. The molecule has 2 fully saturated rings. The van der Waals surface area contributed by atoms with E-state index in [0.29, 0.717) is 18.8 Å². The molecule has 0 aromatic carbocycles. The number of ketones is 1. The van der Waals surface area contributed by atoms with Crippen molar-refractivity contribution in [3.05, 3.63) is 0 Å². The standard InChI is InChI=1S/C16H28O2/c1-2-13-9-5-6-10-14(13)15(17)16(18)11-7-3-4-8-12-16/h13-14,18H,2-12H2,1H3. The van der Waals surface area contributed by atoms with E-state index < -0.39 is 5.60 Å². The van der Waals surface area contributed by atoms with Gasteiger partial charge in [0.1, 0.15) is 5.60 Å². The molecule has 104 valence electrons. The summed E-state index contributed by atoms with van der Waals surface area (Å²) in [6.07, 6.45) is 11.5. The van der Waals surface area contributed by atoms with Gasteiger partial charge in [0, 0.05) is 5.92 Å². The average molecular weight is 252 g/mol. The van der Waals surface area contributed by atoms with E-state index in [1.807, 2.05) is 0 Å². The zero-order valence-electron chi connectivity index (χ0n) is 11.8. The van der Waals surface area contributed by atoms with Crippen molar-refractivity contribution >= 4 is 5.78 Å². The molecular formula is C16H28O2. The summed E-state index contributed by atoms with van der Waals surface area (Å²) in [5, 5.41) is 10.7. The van der Waals surface area contributed by atoms with E-state index in [-0.39, 0.29) is 11.7 Å². The molecule has 2 unspecified atom stereocenters. The third kappa shape index (κ3) is 2.96. The largest absolute Gasteiger partial charge is 0.382 e. The predicted octanol–water partition coefficient (Wildman–Crippen LogP) is 3.86. The van der Waals surface area contributed by atoms with Crippen molar-refractivity contribution in [2.75, 3.05) is 0 Å². The van der Waals surface area contributed by atoms with Crippen molar-refractivity contribution in [1.82, 2.24) is 0 Å². The van der Waals surface area contributed by atoms with Crippen molar-refractivity contribution in [3.8, 4) is 0 Å². The molecule has 1 N–H and O–H groups in total. The van der Waals surface area contributed by atoms with Gasteiger partial charge in [0.25, 0.3) is 0 Å². The zero-order chi connectivity index (χ0) is 13.0. The molecule has 0 saturated heterocycles. The minimum atomic E-state index is -0.980. The SMILES string of the molecule is CCC1CCCCC1C(=O)C1(O)CCCCCC1. The lowest BCUT2D eigenvalue weighted by atomic mass is 9.70. The summed E-state index contributed by atoms with van der Waals surface area (Å²) in [5.41, 5.74) is -0.980. The Balaban J connectivity index is 2.07. The second-order valence-electron chi connectivity index (χ2n) is 6.37. The molecule has 0 spiro atoms. The minimum absolute atomic E-state index is 0.145. The topological polar surface area (TPSA) is 37.3 Å². The normalized spacial score (nSPS) is 32.8. The van der Waals surface area contributed by atoms with E-state index in [1.54, 1.807) is 0 Å². The first-order chi connectivity index (χ1) is 8.67. The Labute approximate surface area is 111 Å². The highest BCUT2D eigenvalue weighted by Gasteiger charge is 2.42. The summed E-state index contributed by atoms with van der Waals surface area (Å²) < 4.78 is 0. The van der Waals surface area contributed by atoms with Gasteiger partial charge in [0.05, 0.1) is 0 Å². The van der Waals surface area contributed by atoms with E-state index in [0.717, 1.165) is 25.7 Å². The highest BCUT2D eigenvalue weighted by atomic mass is 16.3. The lowest BCUT2D eigenvalue weighted by Crippen LogP contribution is -2.45. The van der Waals surface area contributed by atoms with Gasteiger partial charge in [-0.3, -0.25) is 4.79 Å². The first-order valence-electron chi connectivity index (χ1n) is 7.94. The van der Waals surface area contributed by atoms with Crippen molar-refractivity contribution in [1.29, 1.82) is 0 Å². The van der Waals surface area contributed by atoms with Crippen LogP contribution in [0.3, 0.4) is 0 Å². The van der Waals surface area contributed by atoms with Crippen LogP contribution in [0.2, 0.25) is 0 Å². The van der Waals surface area contributed by atoms with Crippen molar-refractivity contribution in [2.45, 2.75) is 83.2 Å². The van der Waals surface area contributed by atoms with Gasteiger partial charge < -0.3 is 5.11 Å². The Kier molecular flexibility index (Phi) is 4.83. The van der Waals surface area contributed by atoms with Gasteiger partial charge in [-0.2, -0.15) is 0 Å². The average Bonchev–Trinajstić information content (AvgIpc) is 2.63. The number of hydrogen-bond donors (Lipinski definition) is 1. The van der Waals surface area contributed by atoms with E-state index in [4.69, 9.17) is 0 Å². The lowest BCUT2D eigenvalue weighted by molar-refractivity contribution is -0.146. The highest BCUT2D eigenvalue weighted by Crippen LogP contribution is 2.38. The van der Waals surface area contributed by atoms with Gasteiger partial charge in [-0.1, -0.05) is 51.9 Å². The molecule has 0 bridgehead atoms. The van der Waals surface area contributed by atoms with E-state index in [2.05, 4.69) is 6.92 Å². The molecule has 0 radical (unpaired) electrons. The summed E-state index contributed by atoms with van der Waals surface area (Å²) >= 11 is 0. The van der Waals surface area contributed by atoms with Gasteiger partial charge in [0.15, 0.2) is 5.78 Å². The number of carbonyl (C=O) groups is 1. The molecule has 2 rings (SSSR count). The predicted molar refractivity (Wildman–Crippen MR) is 73.4 cm³/mol. The van der Waals surface area contributed by atoms with E-state index in [1.165, 1.54) is 32.1 Å². The van der Waals surface area contributed by atoms with Gasteiger partial charge in [-0.15, -0.1) is 0 Å². The maximum atomic E-state index is 12.7. The Morgan fingerprint density at radius 3 is 2.28 bits per heavy atom. The highest BCUT2D eigenvalue weighted by molar-refractivity contribution is 5.89. The van der Waals surface area contributed by atoms with Crippen LogP contribution in [0.1, 0.15) is 77.6 Å². The summed E-state index contributed by atoms with van der Waals surface area (Å²) in [6.45, 7) is 2.19. The van der Waals surface area contributed by atoms with Crippen LogP contribution in [0, 0.1) is 11.8 Å². The van der Waals surface area contributed by atoms with Crippen molar-refractivity contribution < 1.29 is 9.90 Å². The molecule has 2 aliphatic carbocycles. The molecule has 18 heavy (non-hydrogen) atoms. The van der Waals surface area contributed by atoms with Crippen molar-refractivity contribution in [3.63, 3.8) is 0 Å². The van der Waals surface area contributed by atoms with E-state index >= 15 is 0 Å². The molecule has 2 atom stereocenters. The molecule has 0 heterocycles. The van der Waals surface area contributed by atoms with Crippen LogP contribution >= 0.6 is 0 Å². The van der Waals surface area contributed by atoms with Crippen LogP contribution in [-0.4, -0.2) is 16.5 Å². The molecule has 2 nitrogen and oxygen atoms in total. The van der Waals surface area contributed by atoms with E-state index in [9.17, 15) is 9.90 Å². The Hall–Kier alpha value is -0.370. The van der Waals surface area contributed by atoms with Crippen LogP contribution in [0.25, 0.3) is 0 Å². The molecular weight excluding hydrogens is 224 g/mol.